The van der Waals surface area contributed by atoms with Gasteiger partial charge in [-0.3, -0.25) is 14.5 Å². The van der Waals surface area contributed by atoms with Gasteiger partial charge in [-0.05, 0) is 36.4 Å². The molecule has 7 nitrogen and oxygen atoms in total. The summed E-state index contributed by atoms with van der Waals surface area (Å²) in [5.41, 5.74) is 2.53. The lowest BCUT2D eigenvalue weighted by molar-refractivity contribution is -0.141. The third kappa shape index (κ3) is 5.21. The van der Waals surface area contributed by atoms with Crippen LogP contribution in [0.25, 0.3) is 10.9 Å². The standard InChI is InChI=1S/C26H31ClN4O3/c1-26(2,3)25(33)31-12-10-30(11-13-31)16-21-20-15-19(34-4)8-9-22(20)29-23(21)24(32)28-18-7-5-6-17(27)14-18/h5-9,14-15,29H,10-13,16H2,1-4H3,(H,28,32). The second kappa shape index (κ2) is 9.68. The average molecular weight is 483 g/mol. The van der Waals surface area contributed by atoms with Gasteiger partial charge in [-0.15, -0.1) is 0 Å². The molecule has 1 aliphatic rings. The van der Waals surface area contributed by atoms with E-state index in [2.05, 4.69) is 15.2 Å². The molecule has 0 spiro atoms. The van der Waals surface area contributed by atoms with Crippen molar-refractivity contribution in [3.05, 3.63) is 58.7 Å². The number of rotatable bonds is 5. The molecule has 1 aliphatic heterocycles. The van der Waals surface area contributed by atoms with Crippen LogP contribution in [0, 0.1) is 5.41 Å². The number of anilines is 1. The number of aromatic nitrogens is 1. The van der Waals surface area contributed by atoms with Crippen LogP contribution in [0.2, 0.25) is 5.02 Å². The summed E-state index contributed by atoms with van der Waals surface area (Å²) in [5, 5.41) is 4.45. The van der Waals surface area contributed by atoms with Gasteiger partial charge in [-0.25, -0.2) is 0 Å². The van der Waals surface area contributed by atoms with E-state index in [0.717, 1.165) is 35.3 Å². The highest BCUT2D eigenvalue weighted by molar-refractivity contribution is 6.31. The van der Waals surface area contributed by atoms with Crippen LogP contribution < -0.4 is 10.1 Å². The van der Waals surface area contributed by atoms with Gasteiger partial charge in [0.05, 0.1) is 7.11 Å². The van der Waals surface area contributed by atoms with E-state index in [0.29, 0.717) is 36.0 Å². The number of carbonyl (C=O) groups is 2. The zero-order chi connectivity index (χ0) is 24.5. The first-order valence-electron chi connectivity index (χ1n) is 11.4. The van der Waals surface area contributed by atoms with Crippen molar-refractivity contribution in [2.75, 3.05) is 38.6 Å². The van der Waals surface area contributed by atoms with Crippen LogP contribution in [-0.2, 0) is 11.3 Å². The van der Waals surface area contributed by atoms with Crippen LogP contribution in [0.5, 0.6) is 5.75 Å². The largest absolute Gasteiger partial charge is 0.497 e. The van der Waals surface area contributed by atoms with Crippen molar-refractivity contribution < 1.29 is 14.3 Å². The molecule has 0 aliphatic carbocycles. The van der Waals surface area contributed by atoms with Gasteiger partial charge in [0.2, 0.25) is 5.91 Å². The molecular formula is C26H31ClN4O3. The lowest BCUT2D eigenvalue weighted by Gasteiger charge is -2.37. The number of hydrogen-bond donors (Lipinski definition) is 2. The Bertz CT molecular complexity index is 1210. The van der Waals surface area contributed by atoms with Crippen molar-refractivity contribution in [3.8, 4) is 5.75 Å². The molecule has 0 atom stereocenters. The van der Waals surface area contributed by atoms with E-state index in [1.165, 1.54) is 0 Å². The number of amides is 2. The van der Waals surface area contributed by atoms with Crippen LogP contribution >= 0.6 is 11.6 Å². The second-order valence-electron chi connectivity index (χ2n) is 9.67. The fraction of sp³-hybridized carbons (Fsp3) is 0.385. The molecule has 0 saturated carbocycles. The third-order valence-electron chi connectivity index (χ3n) is 6.11. The molecule has 2 aromatic carbocycles. The highest BCUT2D eigenvalue weighted by atomic mass is 35.5. The van der Waals surface area contributed by atoms with Crippen LogP contribution in [0.15, 0.2) is 42.5 Å². The van der Waals surface area contributed by atoms with Gasteiger partial charge >= 0.3 is 0 Å². The molecule has 180 valence electrons. The minimum absolute atomic E-state index is 0.172. The molecular weight excluding hydrogens is 452 g/mol. The Balaban J connectivity index is 1.59. The predicted octanol–water partition coefficient (Wildman–Crippen LogP) is 4.77. The van der Waals surface area contributed by atoms with Crippen molar-refractivity contribution in [1.82, 2.24) is 14.8 Å². The zero-order valence-electron chi connectivity index (χ0n) is 20.1. The third-order valence-corrected chi connectivity index (χ3v) is 6.34. The summed E-state index contributed by atoms with van der Waals surface area (Å²) in [4.78, 5) is 33.4. The van der Waals surface area contributed by atoms with Gasteiger partial charge in [0.25, 0.3) is 5.91 Å². The van der Waals surface area contributed by atoms with Crippen molar-refractivity contribution in [2.45, 2.75) is 27.3 Å². The van der Waals surface area contributed by atoms with Gasteiger partial charge in [0, 0.05) is 65.3 Å². The maximum absolute atomic E-state index is 13.3. The number of hydrogen-bond acceptors (Lipinski definition) is 4. The molecule has 1 aromatic heterocycles. The first kappa shape index (κ1) is 24.1. The summed E-state index contributed by atoms with van der Waals surface area (Å²) in [6.07, 6.45) is 0. The van der Waals surface area contributed by atoms with E-state index in [1.54, 1.807) is 31.4 Å². The maximum atomic E-state index is 13.3. The number of methoxy groups -OCH3 is 1. The molecule has 2 amide bonds. The van der Waals surface area contributed by atoms with E-state index in [4.69, 9.17) is 16.3 Å². The molecule has 2 heterocycles. The monoisotopic (exact) mass is 482 g/mol. The Morgan fingerprint density at radius 2 is 1.82 bits per heavy atom. The van der Waals surface area contributed by atoms with E-state index < -0.39 is 0 Å². The molecule has 0 bridgehead atoms. The Labute approximate surface area is 205 Å². The normalized spacial score (nSPS) is 14.9. The number of nitrogens with one attached hydrogen (secondary N) is 2. The topological polar surface area (TPSA) is 77.7 Å². The van der Waals surface area contributed by atoms with Crippen molar-refractivity contribution in [2.24, 2.45) is 5.41 Å². The summed E-state index contributed by atoms with van der Waals surface area (Å²) >= 11 is 6.09. The maximum Gasteiger partial charge on any atom is 0.272 e. The van der Waals surface area contributed by atoms with Crippen LogP contribution in [0.1, 0.15) is 36.8 Å². The molecule has 4 rings (SSSR count). The average Bonchev–Trinajstić information content (AvgIpc) is 3.16. The molecule has 34 heavy (non-hydrogen) atoms. The summed E-state index contributed by atoms with van der Waals surface area (Å²) in [7, 11) is 1.63. The summed E-state index contributed by atoms with van der Waals surface area (Å²) < 4.78 is 5.43. The van der Waals surface area contributed by atoms with Crippen LogP contribution in [0.4, 0.5) is 5.69 Å². The van der Waals surface area contributed by atoms with Crippen molar-refractivity contribution in [1.29, 1.82) is 0 Å². The smallest absolute Gasteiger partial charge is 0.272 e. The number of carbonyl (C=O) groups excluding carboxylic acids is 2. The Morgan fingerprint density at radius 3 is 2.47 bits per heavy atom. The van der Waals surface area contributed by atoms with Gasteiger partial charge in [0.15, 0.2) is 0 Å². The first-order valence-corrected chi connectivity index (χ1v) is 11.8. The van der Waals surface area contributed by atoms with Crippen molar-refractivity contribution in [3.63, 3.8) is 0 Å². The van der Waals surface area contributed by atoms with E-state index in [-0.39, 0.29) is 17.2 Å². The van der Waals surface area contributed by atoms with E-state index in [1.807, 2.05) is 43.9 Å². The van der Waals surface area contributed by atoms with E-state index in [9.17, 15) is 9.59 Å². The number of ether oxygens (including phenoxy) is 1. The zero-order valence-corrected chi connectivity index (χ0v) is 20.8. The first-order chi connectivity index (χ1) is 16.2. The highest BCUT2D eigenvalue weighted by Crippen LogP contribution is 2.29. The van der Waals surface area contributed by atoms with Gasteiger partial charge in [0.1, 0.15) is 11.4 Å². The number of nitrogens with zero attached hydrogens (tertiary/aromatic N) is 2. The number of fused-ring (bicyclic) bond motifs is 1. The molecule has 3 aromatic rings. The molecule has 2 N–H and O–H groups in total. The summed E-state index contributed by atoms with van der Waals surface area (Å²) in [6.45, 7) is 9.27. The van der Waals surface area contributed by atoms with Gasteiger partial charge in [-0.1, -0.05) is 38.4 Å². The highest BCUT2D eigenvalue weighted by Gasteiger charge is 2.30. The SMILES string of the molecule is COc1ccc2[nH]c(C(=O)Nc3cccc(Cl)c3)c(CN3CCN(C(=O)C(C)(C)C)CC3)c2c1. The summed E-state index contributed by atoms with van der Waals surface area (Å²) in [6, 6.07) is 12.8. The molecule has 0 unspecified atom stereocenters. The van der Waals surface area contributed by atoms with E-state index >= 15 is 0 Å². The number of H-pyrrole nitrogens is 1. The van der Waals surface area contributed by atoms with Crippen molar-refractivity contribution >= 4 is 40.0 Å². The fourth-order valence-corrected chi connectivity index (χ4v) is 4.47. The quantitative estimate of drug-likeness (QED) is 0.549. The number of aromatic amines is 1. The number of piperazine rings is 1. The molecule has 1 saturated heterocycles. The number of halogens is 1. The minimum atomic E-state index is -0.388. The lowest BCUT2D eigenvalue weighted by atomic mass is 9.94. The van der Waals surface area contributed by atoms with Crippen LogP contribution in [0.3, 0.4) is 0 Å². The second-order valence-corrected chi connectivity index (χ2v) is 10.1. The Kier molecular flexibility index (Phi) is 6.86. The Hall–Kier alpha value is -3.03. The van der Waals surface area contributed by atoms with Gasteiger partial charge in [-0.2, -0.15) is 0 Å². The summed E-state index contributed by atoms with van der Waals surface area (Å²) in [5.74, 6) is 0.676. The minimum Gasteiger partial charge on any atom is -0.497 e. The molecule has 0 radical (unpaired) electrons. The van der Waals surface area contributed by atoms with Gasteiger partial charge < -0.3 is 19.9 Å². The van der Waals surface area contributed by atoms with Crippen LogP contribution in [-0.4, -0.2) is 59.9 Å². The molecule has 8 heteroatoms. The fourth-order valence-electron chi connectivity index (χ4n) is 4.28. The molecule has 1 fully saturated rings. The number of benzene rings is 2. The lowest BCUT2D eigenvalue weighted by Crippen LogP contribution is -2.51. The predicted molar refractivity (Wildman–Crippen MR) is 136 cm³/mol. The Morgan fingerprint density at radius 1 is 1.09 bits per heavy atom.